The second-order valence-corrected chi connectivity index (χ2v) is 7.66. The molecule has 0 amide bonds. The molecule has 3 rings (SSSR count). The number of hydrogen-bond acceptors (Lipinski definition) is 3. The summed E-state index contributed by atoms with van der Waals surface area (Å²) in [6, 6.07) is 15.8. The van der Waals surface area contributed by atoms with Gasteiger partial charge in [-0.1, -0.05) is 55.8 Å². The fraction of sp³-hybridized carbons (Fsp3) is 0.391. The first-order chi connectivity index (χ1) is 13.4. The van der Waals surface area contributed by atoms with Gasteiger partial charge in [0.15, 0.2) is 0 Å². The van der Waals surface area contributed by atoms with Crippen LogP contribution in [0.5, 0.6) is 0 Å². The second-order valence-electron chi connectivity index (χ2n) is 7.66. The highest BCUT2D eigenvalue weighted by Gasteiger charge is 2.28. The first kappa shape index (κ1) is 20.1. The van der Waals surface area contributed by atoms with Gasteiger partial charge in [-0.2, -0.15) is 0 Å². The smallest absolute Gasteiger partial charge is 0.320 e. The lowest BCUT2D eigenvalue weighted by Crippen LogP contribution is -2.43. The van der Waals surface area contributed by atoms with E-state index >= 15 is 0 Å². The lowest BCUT2D eigenvalue weighted by molar-refractivity contribution is -0.145. The number of hydrogen-bond donors (Lipinski definition) is 2. The molecule has 1 saturated heterocycles. The van der Waals surface area contributed by atoms with Gasteiger partial charge in [-0.3, -0.25) is 14.5 Å². The largest absolute Gasteiger partial charge is 0.481 e. The summed E-state index contributed by atoms with van der Waals surface area (Å²) in [6.07, 6.45) is 3.24. The van der Waals surface area contributed by atoms with Gasteiger partial charge in [0, 0.05) is 6.54 Å². The fourth-order valence-corrected chi connectivity index (χ4v) is 3.82. The first-order valence-corrected chi connectivity index (χ1v) is 9.82. The first-order valence-electron chi connectivity index (χ1n) is 9.82. The lowest BCUT2D eigenvalue weighted by Gasteiger charge is -2.32. The Morgan fingerprint density at radius 1 is 1.04 bits per heavy atom. The van der Waals surface area contributed by atoms with Crippen LogP contribution >= 0.6 is 0 Å². The molecule has 1 heterocycles. The highest BCUT2D eigenvalue weighted by atomic mass is 16.4. The molecule has 2 aromatic carbocycles. The number of carboxylic acid groups (broad SMARTS) is 2. The van der Waals surface area contributed by atoms with Gasteiger partial charge in [0.1, 0.15) is 6.04 Å². The van der Waals surface area contributed by atoms with E-state index in [2.05, 4.69) is 11.0 Å². The molecule has 2 atom stereocenters. The van der Waals surface area contributed by atoms with Gasteiger partial charge in [0.2, 0.25) is 0 Å². The normalized spacial score (nSPS) is 18.5. The highest BCUT2D eigenvalue weighted by molar-refractivity contribution is 5.73. The summed E-state index contributed by atoms with van der Waals surface area (Å²) < 4.78 is 0. The van der Waals surface area contributed by atoms with Gasteiger partial charge < -0.3 is 10.2 Å². The minimum absolute atomic E-state index is 0.395. The SMILES string of the molecule is CC(Cc1ccc(-c2cccc(CN3CCCCC3C(=O)O)c2)cc1)C(=O)O. The Bertz CT molecular complexity index is 831. The summed E-state index contributed by atoms with van der Waals surface area (Å²) in [4.78, 5) is 24.6. The van der Waals surface area contributed by atoms with Crippen LogP contribution in [0.4, 0.5) is 0 Å². The summed E-state index contributed by atoms with van der Waals surface area (Å²) in [6.45, 7) is 3.17. The van der Waals surface area contributed by atoms with Gasteiger partial charge in [-0.05, 0) is 54.1 Å². The molecular formula is C23H27NO4. The molecule has 2 aromatic rings. The Morgan fingerprint density at radius 2 is 1.79 bits per heavy atom. The van der Waals surface area contributed by atoms with Gasteiger partial charge >= 0.3 is 11.9 Å². The second kappa shape index (κ2) is 9.02. The number of piperidine rings is 1. The van der Waals surface area contributed by atoms with Crippen LogP contribution in [0, 0.1) is 5.92 Å². The minimum atomic E-state index is -0.783. The zero-order chi connectivity index (χ0) is 20.1. The van der Waals surface area contributed by atoms with E-state index < -0.39 is 23.9 Å². The van der Waals surface area contributed by atoms with Crippen LogP contribution in [0.15, 0.2) is 48.5 Å². The van der Waals surface area contributed by atoms with E-state index in [1.165, 1.54) is 0 Å². The van der Waals surface area contributed by atoms with Crippen LogP contribution in [0.3, 0.4) is 0 Å². The molecule has 2 N–H and O–H groups in total. The van der Waals surface area contributed by atoms with Crippen LogP contribution in [-0.2, 0) is 22.6 Å². The van der Waals surface area contributed by atoms with Crippen LogP contribution in [-0.4, -0.2) is 39.6 Å². The molecule has 5 heteroatoms. The van der Waals surface area contributed by atoms with Crippen molar-refractivity contribution in [1.82, 2.24) is 4.90 Å². The average molecular weight is 381 g/mol. The Kier molecular flexibility index (Phi) is 6.47. The summed E-state index contributed by atoms with van der Waals surface area (Å²) in [5.74, 6) is -1.92. The Morgan fingerprint density at radius 3 is 2.46 bits per heavy atom. The zero-order valence-electron chi connectivity index (χ0n) is 16.2. The number of nitrogens with zero attached hydrogens (tertiary/aromatic N) is 1. The predicted molar refractivity (Wildman–Crippen MR) is 108 cm³/mol. The Hall–Kier alpha value is -2.66. The molecule has 0 aliphatic carbocycles. The molecule has 1 aliphatic heterocycles. The van der Waals surface area contributed by atoms with Crippen molar-refractivity contribution in [2.24, 2.45) is 5.92 Å². The molecule has 2 unspecified atom stereocenters. The van der Waals surface area contributed by atoms with Crippen molar-refractivity contribution < 1.29 is 19.8 Å². The lowest BCUT2D eigenvalue weighted by atomic mass is 9.97. The molecule has 1 aliphatic rings. The molecule has 0 saturated carbocycles. The third kappa shape index (κ3) is 4.98. The molecule has 5 nitrogen and oxygen atoms in total. The number of rotatable bonds is 7. The van der Waals surface area contributed by atoms with E-state index in [1.807, 2.05) is 42.5 Å². The maximum atomic E-state index is 11.5. The third-order valence-corrected chi connectivity index (χ3v) is 5.46. The molecule has 0 spiro atoms. The number of aliphatic carboxylic acids is 2. The summed E-state index contributed by atoms with van der Waals surface area (Å²) in [5, 5.41) is 18.5. The Labute approximate surface area is 165 Å². The van der Waals surface area contributed by atoms with Crippen molar-refractivity contribution in [3.05, 3.63) is 59.7 Å². The maximum Gasteiger partial charge on any atom is 0.320 e. The number of carboxylic acids is 2. The molecule has 28 heavy (non-hydrogen) atoms. The van der Waals surface area contributed by atoms with E-state index in [-0.39, 0.29) is 0 Å². The predicted octanol–water partition coefficient (Wildman–Crippen LogP) is 4.06. The zero-order valence-corrected chi connectivity index (χ0v) is 16.2. The quantitative estimate of drug-likeness (QED) is 0.756. The van der Waals surface area contributed by atoms with Crippen molar-refractivity contribution in [3.8, 4) is 11.1 Å². The van der Waals surface area contributed by atoms with E-state index in [1.54, 1.807) is 6.92 Å². The molecule has 0 radical (unpaired) electrons. The van der Waals surface area contributed by atoms with E-state index in [9.17, 15) is 14.7 Å². The summed E-state index contributed by atoms with van der Waals surface area (Å²) in [5.41, 5.74) is 4.27. The van der Waals surface area contributed by atoms with Crippen LogP contribution in [0.25, 0.3) is 11.1 Å². The molecular weight excluding hydrogens is 354 g/mol. The van der Waals surface area contributed by atoms with Gasteiger partial charge in [-0.15, -0.1) is 0 Å². The molecule has 0 aromatic heterocycles. The van der Waals surface area contributed by atoms with E-state index in [0.29, 0.717) is 19.4 Å². The fourth-order valence-electron chi connectivity index (χ4n) is 3.82. The van der Waals surface area contributed by atoms with Gasteiger partial charge in [0.25, 0.3) is 0 Å². The third-order valence-electron chi connectivity index (χ3n) is 5.46. The maximum absolute atomic E-state index is 11.5. The molecule has 148 valence electrons. The average Bonchev–Trinajstić information content (AvgIpc) is 2.69. The summed E-state index contributed by atoms with van der Waals surface area (Å²) >= 11 is 0. The summed E-state index contributed by atoms with van der Waals surface area (Å²) in [7, 11) is 0. The van der Waals surface area contributed by atoms with Crippen molar-refractivity contribution in [3.63, 3.8) is 0 Å². The van der Waals surface area contributed by atoms with Crippen LogP contribution in [0.1, 0.15) is 37.3 Å². The highest BCUT2D eigenvalue weighted by Crippen LogP contribution is 2.25. The number of benzene rings is 2. The number of likely N-dealkylation sites (tertiary alicyclic amines) is 1. The molecule has 1 fully saturated rings. The van der Waals surface area contributed by atoms with Crippen molar-refractivity contribution >= 4 is 11.9 Å². The van der Waals surface area contributed by atoms with E-state index in [0.717, 1.165) is 41.6 Å². The van der Waals surface area contributed by atoms with Crippen molar-refractivity contribution in [2.75, 3.05) is 6.54 Å². The van der Waals surface area contributed by atoms with Crippen LogP contribution < -0.4 is 0 Å². The number of carbonyl (C=O) groups is 2. The van der Waals surface area contributed by atoms with Crippen molar-refractivity contribution in [2.45, 2.75) is 45.2 Å². The van der Waals surface area contributed by atoms with Crippen LogP contribution in [0.2, 0.25) is 0 Å². The van der Waals surface area contributed by atoms with E-state index in [4.69, 9.17) is 5.11 Å². The topological polar surface area (TPSA) is 77.8 Å². The van der Waals surface area contributed by atoms with Crippen molar-refractivity contribution in [1.29, 1.82) is 0 Å². The Balaban J connectivity index is 1.72. The van der Waals surface area contributed by atoms with Gasteiger partial charge in [0.05, 0.1) is 5.92 Å². The van der Waals surface area contributed by atoms with Gasteiger partial charge in [-0.25, -0.2) is 0 Å². The monoisotopic (exact) mass is 381 g/mol. The molecule has 0 bridgehead atoms. The standard InChI is InChI=1S/C23H27NO4/c1-16(22(25)26)13-17-8-10-19(11-9-17)20-6-4-5-18(14-20)15-24-12-3-2-7-21(24)23(27)28/h4-6,8-11,14,16,21H,2-3,7,12-13,15H2,1H3,(H,25,26)(H,27,28). The minimum Gasteiger partial charge on any atom is -0.481 e.